The van der Waals surface area contributed by atoms with Crippen LogP contribution in [-0.4, -0.2) is 49.1 Å². The molecule has 0 radical (unpaired) electrons. The van der Waals surface area contributed by atoms with E-state index in [1.165, 1.54) is 10.4 Å². The summed E-state index contributed by atoms with van der Waals surface area (Å²) in [6, 6.07) is 9.23. The van der Waals surface area contributed by atoms with Gasteiger partial charge in [-0.05, 0) is 56.1 Å². The SMILES string of the molecule is C[C@@H](CN(C)C)OC(=O)[C@H](c1ccccc1Cl)N1CCc2sccc2C1. The van der Waals surface area contributed by atoms with Gasteiger partial charge in [-0.2, -0.15) is 0 Å². The van der Waals surface area contributed by atoms with Crippen molar-refractivity contribution in [1.29, 1.82) is 0 Å². The molecule has 1 aliphatic rings. The van der Waals surface area contributed by atoms with Gasteiger partial charge >= 0.3 is 5.97 Å². The highest BCUT2D eigenvalue weighted by molar-refractivity contribution is 7.10. The van der Waals surface area contributed by atoms with E-state index in [0.717, 1.165) is 25.1 Å². The third kappa shape index (κ3) is 4.46. The second-order valence-corrected chi connectivity index (χ2v) is 8.43. The lowest BCUT2D eigenvalue weighted by molar-refractivity contribution is -0.156. The normalized spacial score (nSPS) is 17.0. The summed E-state index contributed by atoms with van der Waals surface area (Å²) >= 11 is 8.23. The maximum atomic E-state index is 13.1. The molecule has 26 heavy (non-hydrogen) atoms. The van der Waals surface area contributed by atoms with Crippen LogP contribution in [0.5, 0.6) is 0 Å². The first kappa shape index (κ1) is 19.4. The lowest BCUT2D eigenvalue weighted by Crippen LogP contribution is -2.40. The van der Waals surface area contributed by atoms with E-state index in [1.807, 2.05) is 50.2 Å². The van der Waals surface area contributed by atoms with Gasteiger partial charge in [0.2, 0.25) is 0 Å². The summed E-state index contributed by atoms with van der Waals surface area (Å²) in [5.74, 6) is -0.230. The van der Waals surface area contributed by atoms with Gasteiger partial charge in [0.05, 0.1) is 0 Å². The minimum Gasteiger partial charge on any atom is -0.460 e. The first-order valence-corrected chi connectivity index (χ1v) is 10.1. The maximum Gasteiger partial charge on any atom is 0.328 e. The van der Waals surface area contributed by atoms with Crippen LogP contribution >= 0.6 is 22.9 Å². The number of likely N-dealkylation sites (N-methyl/N-ethyl adjacent to an activating group) is 1. The van der Waals surface area contributed by atoms with Crippen molar-refractivity contribution in [2.75, 3.05) is 27.2 Å². The zero-order valence-electron chi connectivity index (χ0n) is 15.4. The van der Waals surface area contributed by atoms with Gasteiger partial charge in [-0.3, -0.25) is 4.90 Å². The number of halogens is 1. The quantitative estimate of drug-likeness (QED) is 0.696. The van der Waals surface area contributed by atoms with Crippen LogP contribution in [-0.2, 0) is 22.5 Å². The molecule has 0 saturated carbocycles. The topological polar surface area (TPSA) is 32.8 Å². The smallest absolute Gasteiger partial charge is 0.328 e. The molecule has 0 aliphatic carbocycles. The van der Waals surface area contributed by atoms with Crippen LogP contribution in [0.4, 0.5) is 0 Å². The summed E-state index contributed by atoms with van der Waals surface area (Å²) in [5, 5.41) is 2.72. The monoisotopic (exact) mass is 392 g/mol. The number of nitrogens with zero attached hydrogens (tertiary/aromatic N) is 2. The number of fused-ring (bicyclic) bond motifs is 1. The van der Waals surface area contributed by atoms with Crippen LogP contribution in [0.2, 0.25) is 5.02 Å². The lowest BCUT2D eigenvalue weighted by atomic mass is 10.0. The Balaban J connectivity index is 1.85. The Kier molecular flexibility index (Phi) is 6.35. The number of carbonyl (C=O) groups is 1. The molecule has 1 aromatic carbocycles. The predicted molar refractivity (Wildman–Crippen MR) is 107 cm³/mol. The average molecular weight is 393 g/mol. The average Bonchev–Trinajstić information content (AvgIpc) is 3.03. The van der Waals surface area contributed by atoms with Crippen LogP contribution in [0.3, 0.4) is 0 Å². The molecule has 4 nitrogen and oxygen atoms in total. The second-order valence-electron chi connectivity index (χ2n) is 7.02. The van der Waals surface area contributed by atoms with Gasteiger partial charge in [-0.1, -0.05) is 29.8 Å². The molecule has 140 valence electrons. The summed E-state index contributed by atoms with van der Waals surface area (Å²) in [5.41, 5.74) is 2.11. The Bertz CT molecular complexity index is 762. The molecule has 1 aliphatic heterocycles. The first-order chi connectivity index (χ1) is 12.5. The van der Waals surface area contributed by atoms with E-state index in [-0.39, 0.29) is 12.1 Å². The van der Waals surface area contributed by atoms with E-state index in [4.69, 9.17) is 16.3 Å². The molecule has 0 bridgehead atoms. The van der Waals surface area contributed by atoms with Gasteiger partial charge in [0.25, 0.3) is 0 Å². The van der Waals surface area contributed by atoms with Crippen LogP contribution in [0.1, 0.15) is 29.0 Å². The predicted octanol–water partition coefficient (Wildman–Crippen LogP) is 3.99. The van der Waals surface area contributed by atoms with E-state index in [2.05, 4.69) is 16.3 Å². The number of thiophene rings is 1. The molecule has 2 atom stereocenters. The van der Waals surface area contributed by atoms with E-state index in [0.29, 0.717) is 11.6 Å². The van der Waals surface area contributed by atoms with Crippen molar-refractivity contribution in [1.82, 2.24) is 9.80 Å². The van der Waals surface area contributed by atoms with Gasteiger partial charge < -0.3 is 9.64 Å². The summed E-state index contributed by atoms with van der Waals surface area (Å²) in [4.78, 5) is 18.7. The van der Waals surface area contributed by atoms with Crippen molar-refractivity contribution in [3.8, 4) is 0 Å². The highest BCUT2D eigenvalue weighted by Gasteiger charge is 2.34. The fraction of sp³-hybridized carbons (Fsp3) is 0.450. The van der Waals surface area contributed by atoms with Crippen molar-refractivity contribution in [3.05, 3.63) is 56.7 Å². The molecular formula is C20H25ClN2O2S. The van der Waals surface area contributed by atoms with Gasteiger partial charge in [0.1, 0.15) is 12.1 Å². The van der Waals surface area contributed by atoms with Crippen molar-refractivity contribution in [2.24, 2.45) is 0 Å². The Hall–Kier alpha value is -1.40. The molecule has 0 amide bonds. The fourth-order valence-electron chi connectivity index (χ4n) is 3.47. The zero-order chi connectivity index (χ0) is 18.7. The summed E-state index contributed by atoms with van der Waals surface area (Å²) in [6.45, 7) is 4.18. The standard InChI is InChI=1S/C20H25ClN2O2S/c1-14(12-22(2)3)25-20(24)19(16-6-4-5-7-17(16)21)23-10-8-18-15(13-23)9-11-26-18/h4-7,9,11,14,19H,8,10,12-13H2,1-3H3/t14-,19-/m0/s1. The third-order valence-electron chi connectivity index (χ3n) is 4.57. The number of ether oxygens (including phenoxy) is 1. The molecule has 0 spiro atoms. The molecule has 0 saturated heterocycles. The van der Waals surface area contributed by atoms with Crippen molar-refractivity contribution in [3.63, 3.8) is 0 Å². The van der Waals surface area contributed by atoms with Gasteiger partial charge in [-0.15, -0.1) is 11.3 Å². The molecule has 1 aromatic heterocycles. The van der Waals surface area contributed by atoms with E-state index < -0.39 is 6.04 Å². The first-order valence-electron chi connectivity index (χ1n) is 8.84. The molecule has 0 N–H and O–H groups in total. The van der Waals surface area contributed by atoms with E-state index >= 15 is 0 Å². The maximum absolute atomic E-state index is 13.1. The molecule has 3 rings (SSSR count). The molecule has 2 heterocycles. The van der Waals surface area contributed by atoms with Crippen molar-refractivity contribution >= 4 is 28.9 Å². The number of carbonyl (C=O) groups excluding carboxylic acids is 1. The number of benzene rings is 1. The van der Waals surface area contributed by atoms with Crippen LogP contribution < -0.4 is 0 Å². The fourth-order valence-corrected chi connectivity index (χ4v) is 4.60. The Labute approximate surface area is 164 Å². The highest BCUT2D eigenvalue weighted by atomic mass is 35.5. The summed E-state index contributed by atoms with van der Waals surface area (Å²) < 4.78 is 5.78. The van der Waals surface area contributed by atoms with Crippen LogP contribution in [0, 0.1) is 0 Å². The zero-order valence-corrected chi connectivity index (χ0v) is 17.0. The Morgan fingerprint density at radius 1 is 1.35 bits per heavy atom. The lowest BCUT2D eigenvalue weighted by Gasteiger charge is -2.34. The number of hydrogen-bond donors (Lipinski definition) is 0. The van der Waals surface area contributed by atoms with Crippen LogP contribution in [0.15, 0.2) is 35.7 Å². The third-order valence-corrected chi connectivity index (χ3v) is 5.93. The van der Waals surface area contributed by atoms with Gasteiger partial charge in [0.15, 0.2) is 0 Å². The Morgan fingerprint density at radius 2 is 2.12 bits per heavy atom. The Morgan fingerprint density at radius 3 is 2.85 bits per heavy atom. The largest absolute Gasteiger partial charge is 0.460 e. The van der Waals surface area contributed by atoms with Gasteiger partial charge in [0, 0.05) is 29.5 Å². The molecule has 2 aromatic rings. The number of esters is 1. The minimum absolute atomic E-state index is 0.177. The van der Waals surface area contributed by atoms with E-state index in [1.54, 1.807) is 11.3 Å². The molecular weight excluding hydrogens is 368 g/mol. The molecule has 6 heteroatoms. The second kappa shape index (κ2) is 8.53. The molecule has 0 unspecified atom stereocenters. The minimum atomic E-state index is -0.485. The van der Waals surface area contributed by atoms with Crippen molar-refractivity contribution < 1.29 is 9.53 Å². The van der Waals surface area contributed by atoms with Crippen molar-refractivity contribution in [2.45, 2.75) is 32.0 Å². The van der Waals surface area contributed by atoms with E-state index in [9.17, 15) is 4.79 Å². The van der Waals surface area contributed by atoms with Gasteiger partial charge in [-0.25, -0.2) is 4.79 Å². The molecule has 0 fully saturated rings. The number of hydrogen-bond acceptors (Lipinski definition) is 5. The summed E-state index contributed by atoms with van der Waals surface area (Å²) in [7, 11) is 3.94. The highest BCUT2D eigenvalue weighted by Crippen LogP contribution is 2.34. The van der Waals surface area contributed by atoms with Crippen LogP contribution in [0.25, 0.3) is 0 Å². The number of rotatable bonds is 6. The summed E-state index contributed by atoms with van der Waals surface area (Å²) in [6.07, 6.45) is 0.776.